The van der Waals surface area contributed by atoms with Crippen molar-refractivity contribution in [2.24, 2.45) is 0 Å². The Hall–Kier alpha value is -1.68. The molecule has 8 heteroatoms. The lowest BCUT2D eigenvalue weighted by Gasteiger charge is -2.39. The summed E-state index contributed by atoms with van der Waals surface area (Å²) in [5.41, 5.74) is 0.730. The molecule has 6 N–H and O–H groups in total. The average molecular weight is 356 g/mol. The van der Waals surface area contributed by atoms with Crippen molar-refractivity contribution in [3.63, 3.8) is 0 Å². The predicted octanol–water partition coefficient (Wildman–Crippen LogP) is -0.948. The third-order valence-electron chi connectivity index (χ3n) is 3.87. The quantitative estimate of drug-likeness (QED) is 0.344. The SMILES string of the molecule is OCCC=CCc1cc(O)cc(OC2OC(CO)C(O)C(O)C2O)c1. The van der Waals surface area contributed by atoms with Crippen LogP contribution in [-0.4, -0.2) is 74.6 Å². The number of phenols is 1. The maximum absolute atomic E-state index is 9.98. The van der Waals surface area contributed by atoms with Gasteiger partial charge in [-0.1, -0.05) is 12.2 Å². The van der Waals surface area contributed by atoms with Crippen molar-refractivity contribution in [2.45, 2.75) is 43.5 Å². The number of aliphatic hydroxyl groups is 5. The largest absolute Gasteiger partial charge is 0.508 e. The van der Waals surface area contributed by atoms with Gasteiger partial charge in [0.1, 0.15) is 35.9 Å². The number of aromatic hydroxyl groups is 1. The first-order valence-corrected chi connectivity index (χ1v) is 8.02. The molecule has 1 aliphatic heterocycles. The van der Waals surface area contributed by atoms with Gasteiger partial charge < -0.3 is 40.1 Å². The van der Waals surface area contributed by atoms with Gasteiger partial charge in [-0.05, 0) is 30.5 Å². The summed E-state index contributed by atoms with van der Waals surface area (Å²) in [6, 6.07) is 4.50. The van der Waals surface area contributed by atoms with Gasteiger partial charge >= 0.3 is 0 Å². The maximum Gasteiger partial charge on any atom is 0.229 e. The lowest BCUT2D eigenvalue weighted by Crippen LogP contribution is -2.60. The minimum Gasteiger partial charge on any atom is -0.508 e. The third-order valence-corrected chi connectivity index (χ3v) is 3.87. The standard InChI is InChI=1S/C17H24O8/c18-5-3-1-2-4-10-6-11(20)8-12(7-10)24-17-16(23)15(22)14(21)13(9-19)25-17/h1-2,6-8,13-23H,3-5,9H2. The Kier molecular flexibility index (Phi) is 7.18. The first kappa shape index (κ1) is 19.6. The van der Waals surface area contributed by atoms with Gasteiger partial charge in [0.05, 0.1) is 6.61 Å². The van der Waals surface area contributed by atoms with Gasteiger partial charge in [0.25, 0.3) is 0 Å². The fourth-order valence-electron chi connectivity index (χ4n) is 2.54. The summed E-state index contributed by atoms with van der Waals surface area (Å²) in [6.45, 7) is -0.492. The van der Waals surface area contributed by atoms with Gasteiger partial charge in [-0.15, -0.1) is 0 Å². The van der Waals surface area contributed by atoms with E-state index in [4.69, 9.17) is 14.6 Å². The molecule has 5 atom stereocenters. The number of hydrogen-bond donors (Lipinski definition) is 6. The van der Waals surface area contributed by atoms with Crippen molar-refractivity contribution in [3.8, 4) is 11.5 Å². The normalized spacial score (nSPS) is 29.9. The van der Waals surface area contributed by atoms with Crippen LogP contribution < -0.4 is 4.74 Å². The molecule has 0 aromatic heterocycles. The van der Waals surface area contributed by atoms with Crippen LogP contribution >= 0.6 is 0 Å². The molecular formula is C17H24O8. The molecule has 8 nitrogen and oxygen atoms in total. The Morgan fingerprint density at radius 2 is 1.76 bits per heavy atom. The van der Waals surface area contributed by atoms with Crippen LogP contribution in [0.3, 0.4) is 0 Å². The maximum atomic E-state index is 9.98. The first-order valence-electron chi connectivity index (χ1n) is 8.02. The minimum absolute atomic E-state index is 0.0485. The highest BCUT2D eigenvalue weighted by molar-refractivity contribution is 5.38. The van der Waals surface area contributed by atoms with Crippen LogP contribution in [0.25, 0.3) is 0 Å². The molecule has 1 aliphatic rings. The number of benzene rings is 1. The molecule has 0 spiro atoms. The van der Waals surface area contributed by atoms with Gasteiger partial charge in [0.15, 0.2) is 0 Å². The van der Waals surface area contributed by atoms with Crippen LogP contribution in [-0.2, 0) is 11.2 Å². The van der Waals surface area contributed by atoms with E-state index in [9.17, 15) is 25.5 Å². The van der Waals surface area contributed by atoms with Crippen molar-refractivity contribution in [1.29, 1.82) is 0 Å². The van der Waals surface area contributed by atoms with Crippen molar-refractivity contribution in [1.82, 2.24) is 0 Å². The number of ether oxygens (including phenoxy) is 2. The zero-order chi connectivity index (χ0) is 18.4. The van der Waals surface area contributed by atoms with E-state index >= 15 is 0 Å². The smallest absolute Gasteiger partial charge is 0.229 e. The number of aliphatic hydroxyl groups excluding tert-OH is 5. The molecule has 0 radical (unpaired) electrons. The molecule has 25 heavy (non-hydrogen) atoms. The number of hydrogen-bond acceptors (Lipinski definition) is 8. The second-order valence-corrected chi connectivity index (χ2v) is 5.84. The Morgan fingerprint density at radius 3 is 2.44 bits per heavy atom. The molecule has 1 fully saturated rings. The highest BCUT2D eigenvalue weighted by Gasteiger charge is 2.44. The van der Waals surface area contributed by atoms with Crippen molar-refractivity contribution < 1.29 is 40.1 Å². The molecule has 1 saturated heterocycles. The van der Waals surface area contributed by atoms with Gasteiger partial charge in [0, 0.05) is 12.7 Å². The topological polar surface area (TPSA) is 140 Å². The molecule has 1 aromatic carbocycles. The summed E-state index contributed by atoms with van der Waals surface area (Å²) in [5.74, 6) is 0.155. The van der Waals surface area contributed by atoms with E-state index < -0.39 is 37.3 Å². The molecule has 0 amide bonds. The predicted molar refractivity (Wildman–Crippen MR) is 87.0 cm³/mol. The van der Waals surface area contributed by atoms with Gasteiger partial charge in [-0.3, -0.25) is 0 Å². The molecule has 1 heterocycles. The van der Waals surface area contributed by atoms with Crippen LogP contribution in [0.5, 0.6) is 11.5 Å². The lowest BCUT2D eigenvalue weighted by atomic mass is 9.99. The van der Waals surface area contributed by atoms with E-state index in [2.05, 4.69) is 0 Å². The fraction of sp³-hybridized carbons (Fsp3) is 0.529. The highest BCUT2D eigenvalue weighted by atomic mass is 16.7. The second-order valence-electron chi connectivity index (χ2n) is 5.84. The highest BCUT2D eigenvalue weighted by Crippen LogP contribution is 2.27. The van der Waals surface area contributed by atoms with Crippen LogP contribution in [0.15, 0.2) is 30.4 Å². The average Bonchev–Trinajstić information content (AvgIpc) is 2.59. The summed E-state index contributed by atoms with van der Waals surface area (Å²) in [6.07, 6.45) is -2.22. The summed E-state index contributed by atoms with van der Waals surface area (Å²) >= 11 is 0. The van der Waals surface area contributed by atoms with Gasteiger partial charge in [0.2, 0.25) is 6.29 Å². The zero-order valence-electron chi connectivity index (χ0n) is 13.6. The van der Waals surface area contributed by atoms with Crippen molar-refractivity contribution >= 4 is 0 Å². The summed E-state index contributed by atoms with van der Waals surface area (Å²) in [5, 5.41) is 57.2. The number of rotatable bonds is 7. The van der Waals surface area contributed by atoms with Crippen LogP contribution in [0.1, 0.15) is 12.0 Å². The number of phenolic OH excluding ortho intramolecular Hbond substituents is 1. The minimum atomic E-state index is -1.53. The van der Waals surface area contributed by atoms with Crippen molar-refractivity contribution in [3.05, 3.63) is 35.9 Å². The molecule has 0 bridgehead atoms. The van der Waals surface area contributed by atoms with Crippen LogP contribution in [0, 0.1) is 0 Å². The summed E-state index contributed by atoms with van der Waals surface area (Å²) in [7, 11) is 0. The molecule has 5 unspecified atom stereocenters. The molecule has 0 saturated carbocycles. The van der Waals surface area contributed by atoms with E-state index in [1.54, 1.807) is 12.1 Å². The van der Waals surface area contributed by atoms with Gasteiger partial charge in [-0.25, -0.2) is 0 Å². The molecule has 2 rings (SSSR count). The Balaban J connectivity index is 2.09. The lowest BCUT2D eigenvalue weighted by molar-refractivity contribution is -0.277. The molecule has 0 aliphatic carbocycles. The molecule has 140 valence electrons. The van der Waals surface area contributed by atoms with E-state index in [-0.39, 0.29) is 18.1 Å². The Labute approximate surface area is 145 Å². The Morgan fingerprint density at radius 1 is 1.00 bits per heavy atom. The van der Waals surface area contributed by atoms with E-state index in [1.807, 2.05) is 12.2 Å². The first-order chi connectivity index (χ1) is 12.0. The third kappa shape index (κ3) is 5.15. The summed E-state index contributed by atoms with van der Waals surface area (Å²) in [4.78, 5) is 0. The van der Waals surface area contributed by atoms with Crippen LogP contribution in [0.2, 0.25) is 0 Å². The van der Waals surface area contributed by atoms with E-state index in [0.29, 0.717) is 12.8 Å². The Bertz CT molecular complexity index is 574. The van der Waals surface area contributed by atoms with E-state index in [0.717, 1.165) is 5.56 Å². The second kappa shape index (κ2) is 9.14. The number of allylic oxidation sites excluding steroid dienone is 1. The zero-order valence-corrected chi connectivity index (χ0v) is 13.6. The molecular weight excluding hydrogens is 332 g/mol. The van der Waals surface area contributed by atoms with Crippen molar-refractivity contribution in [2.75, 3.05) is 13.2 Å². The molecule has 1 aromatic rings. The van der Waals surface area contributed by atoms with Gasteiger partial charge in [-0.2, -0.15) is 0 Å². The fourth-order valence-corrected chi connectivity index (χ4v) is 2.54. The monoisotopic (exact) mass is 356 g/mol. The van der Waals surface area contributed by atoms with E-state index in [1.165, 1.54) is 6.07 Å². The van der Waals surface area contributed by atoms with Crippen LogP contribution in [0.4, 0.5) is 0 Å². The summed E-state index contributed by atoms with van der Waals surface area (Å²) < 4.78 is 10.8.